The number of aromatic amines is 1. The van der Waals surface area contributed by atoms with Crippen molar-refractivity contribution < 1.29 is 4.79 Å². The molecule has 1 amide bonds. The summed E-state index contributed by atoms with van der Waals surface area (Å²) >= 11 is 0. The first-order chi connectivity index (χ1) is 14.1. The number of nitrogens with zero attached hydrogens (tertiary/aromatic N) is 4. The lowest BCUT2D eigenvalue weighted by atomic mass is 10.1. The summed E-state index contributed by atoms with van der Waals surface area (Å²) in [5.74, 6) is 0.617. The van der Waals surface area contributed by atoms with Crippen molar-refractivity contribution in [3.8, 4) is 22.6 Å². The molecule has 1 aliphatic rings. The Morgan fingerprint density at radius 3 is 2.69 bits per heavy atom. The van der Waals surface area contributed by atoms with E-state index in [0.29, 0.717) is 12.4 Å². The molecule has 0 fully saturated rings. The topological polar surface area (TPSA) is 86.3 Å². The summed E-state index contributed by atoms with van der Waals surface area (Å²) in [5, 5.41) is 9.07. The Hall–Kier alpha value is -3.48. The van der Waals surface area contributed by atoms with Crippen molar-refractivity contribution in [3.05, 3.63) is 60.0 Å². The van der Waals surface area contributed by atoms with Gasteiger partial charge in [-0.3, -0.25) is 14.8 Å². The fourth-order valence-electron chi connectivity index (χ4n) is 3.27. The molecule has 0 spiro atoms. The lowest BCUT2D eigenvalue weighted by Crippen LogP contribution is -2.33. The molecule has 0 saturated carbocycles. The highest BCUT2D eigenvalue weighted by atomic mass is 16.2. The maximum atomic E-state index is 12.3. The summed E-state index contributed by atoms with van der Waals surface area (Å²) in [6.45, 7) is 5.41. The van der Waals surface area contributed by atoms with Gasteiger partial charge < -0.3 is 10.3 Å². The fraction of sp³-hybridized carbons (Fsp3) is 0.273. The monoisotopic (exact) mass is 388 g/mol. The highest BCUT2D eigenvalue weighted by Gasteiger charge is 2.17. The van der Waals surface area contributed by atoms with Gasteiger partial charge in [0.1, 0.15) is 12.4 Å². The van der Waals surface area contributed by atoms with Gasteiger partial charge in [0.15, 0.2) is 0 Å². The van der Waals surface area contributed by atoms with Gasteiger partial charge in [-0.2, -0.15) is 5.10 Å². The van der Waals surface area contributed by atoms with Crippen molar-refractivity contribution in [1.82, 2.24) is 25.3 Å². The third kappa shape index (κ3) is 4.51. The van der Waals surface area contributed by atoms with Gasteiger partial charge in [-0.05, 0) is 26.0 Å². The summed E-state index contributed by atoms with van der Waals surface area (Å²) in [7, 11) is 0. The molecular weight excluding hydrogens is 364 g/mol. The Kier molecular flexibility index (Phi) is 5.37. The van der Waals surface area contributed by atoms with E-state index in [1.165, 1.54) is 5.56 Å². The molecule has 4 rings (SSSR count). The van der Waals surface area contributed by atoms with Crippen molar-refractivity contribution in [2.75, 3.05) is 13.1 Å². The lowest BCUT2D eigenvalue weighted by molar-refractivity contribution is -0.122. The maximum Gasteiger partial charge on any atom is 0.241 e. The van der Waals surface area contributed by atoms with Crippen LogP contribution in [0.5, 0.6) is 0 Å². The van der Waals surface area contributed by atoms with E-state index < -0.39 is 0 Å². The molecule has 0 unspecified atom stereocenters. The molecule has 3 aromatic rings. The Labute approximate surface area is 169 Å². The first-order valence-electron chi connectivity index (χ1n) is 9.71. The van der Waals surface area contributed by atoms with Crippen LogP contribution in [0.2, 0.25) is 0 Å². The number of aromatic nitrogens is 3. The minimum atomic E-state index is -0.0730. The Morgan fingerprint density at radius 1 is 1.17 bits per heavy atom. The molecule has 2 N–H and O–H groups in total. The van der Waals surface area contributed by atoms with Crippen molar-refractivity contribution in [1.29, 1.82) is 0 Å². The number of rotatable bonds is 6. The third-order valence-corrected chi connectivity index (χ3v) is 4.82. The van der Waals surface area contributed by atoms with Crippen LogP contribution in [0.1, 0.15) is 24.7 Å². The predicted octanol–water partition coefficient (Wildman–Crippen LogP) is 3.14. The second-order valence-electron chi connectivity index (χ2n) is 7.24. The van der Waals surface area contributed by atoms with E-state index in [-0.39, 0.29) is 12.5 Å². The summed E-state index contributed by atoms with van der Waals surface area (Å²) in [6.07, 6.45) is 2.67. The van der Waals surface area contributed by atoms with Gasteiger partial charge >= 0.3 is 0 Å². The third-order valence-electron chi connectivity index (χ3n) is 4.82. The van der Waals surface area contributed by atoms with Gasteiger partial charge in [0.05, 0.1) is 23.6 Å². The second kappa shape index (κ2) is 8.26. The molecule has 0 saturated heterocycles. The first-order valence-corrected chi connectivity index (χ1v) is 9.71. The Bertz CT molecular complexity index is 1020. The lowest BCUT2D eigenvalue weighted by Gasteiger charge is -2.12. The fourth-order valence-corrected chi connectivity index (χ4v) is 3.27. The largest absolute Gasteiger partial charge is 0.347 e. The minimum Gasteiger partial charge on any atom is -0.347 e. The van der Waals surface area contributed by atoms with Crippen LogP contribution in [0.15, 0.2) is 53.8 Å². The smallest absolute Gasteiger partial charge is 0.241 e. The predicted molar refractivity (Wildman–Crippen MR) is 113 cm³/mol. The summed E-state index contributed by atoms with van der Waals surface area (Å²) < 4.78 is 0. The molecule has 7 nitrogen and oxygen atoms in total. The van der Waals surface area contributed by atoms with E-state index in [0.717, 1.165) is 41.3 Å². The van der Waals surface area contributed by atoms with E-state index in [2.05, 4.69) is 39.4 Å². The summed E-state index contributed by atoms with van der Waals surface area (Å²) in [4.78, 5) is 24.8. The zero-order valence-corrected chi connectivity index (χ0v) is 16.6. The van der Waals surface area contributed by atoms with Crippen LogP contribution in [-0.4, -0.2) is 44.7 Å². The van der Waals surface area contributed by atoms with Crippen molar-refractivity contribution in [2.24, 2.45) is 5.10 Å². The minimum absolute atomic E-state index is 0.0730. The van der Waals surface area contributed by atoms with Crippen LogP contribution in [0.25, 0.3) is 22.6 Å². The quantitative estimate of drug-likeness (QED) is 0.679. The molecule has 0 radical (unpaired) electrons. The molecule has 3 heterocycles. The number of hydrogen-bond donors (Lipinski definition) is 2. The van der Waals surface area contributed by atoms with E-state index >= 15 is 0 Å². The number of carbonyl (C=O) groups is 1. The molecule has 1 aromatic carbocycles. The molecule has 148 valence electrons. The Morgan fingerprint density at radius 2 is 2.00 bits per heavy atom. The number of H-pyrrole nitrogens is 1. The van der Waals surface area contributed by atoms with Crippen molar-refractivity contribution >= 4 is 11.6 Å². The molecule has 29 heavy (non-hydrogen) atoms. The summed E-state index contributed by atoms with van der Waals surface area (Å²) in [5.41, 5.74) is 5.75. The number of benzene rings is 1. The van der Waals surface area contributed by atoms with Crippen LogP contribution >= 0.6 is 0 Å². The van der Waals surface area contributed by atoms with Crippen LogP contribution in [-0.2, 0) is 11.3 Å². The number of carbonyl (C=O) groups excluding carboxylic acids is 1. The molecule has 0 bridgehead atoms. The van der Waals surface area contributed by atoms with Gasteiger partial charge in [0.2, 0.25) is 5.91 Å². The van der Waals surface area contributed by atoms with E-state index in [1.807, 2.05) is 37.3 Å². The first kappa shape index (κ1) is 18.9. The molecule has 2 aromatic heterocycles. The van der Waals surface area contributed by atoms with Gasteiger partial charge in [0.25, 0.3) is 0 Å². The second-order valence-corrected chi connectivity index (χ2v) is 7.24. The SMILES string of the molecule is CC1=NN(CC(=O)NCc2nc(-c3ccc(C)cc3)c(-c3ccccn3)[nH]2)CC1. The number of pyridine rings is 1. The van der Waals surface area contributed by atoms with E-state index in [4.69, 9.17) is 4.98 Å². The van der Waals surface area contributed by atoms with Gasteiger partial charge in [-0.25, -0.2) is 4.98 Å². The number of aryl methyl sites for hydroxylation is 1. The van der Waals surface area contributed by atoms with Crippen molar-refractivity contribution in [2.45, 2.75) is 26.8 Å². The number of amides is 1. The normalized spacial score (nSPS) is 13.4. The van der Waals surface area contributed by atoms with Gasteiger partial charge in [-0.1, -0.05) is 35.9 Å². The van der Waals surface area contributed by atoms with E-state index in [1.54, 1.807) is 11.2 Å². The Balaban J connectivity index is 1.53. The highest BCUT2D eigenvalue weighted by Crippen LogP contribution is 2.29. The maximum absolute atomic E-state index is 12.3. The zero-order chi connectivity index (χ0) is 20.2. The van der Waals surface area contributed by atoms with E-state index in [9.17, 15) is 4.79 Å². The summed E-state index contributed by atoms with van der Waals surface area (Å²) in [6, 6.07) is 14.0. The standard InChI is InChI=1S/C22H24N6O/c1-15-6-8-17(9-7-15)21-22(18-5-3-4-11-23-18)26-19(25-21)13-24-20(29)14-28-12-10-16(2)27-28/h3-9,11H,10,12-14H2,1-2H3,(H,24,29)(H,25,26). The number of hydrazone groups is 1. The van der Waals surface area contributed by atoms with Crippen LogP contribution in [0, 0.1) is 6.92 Å². The van der Waals surface area contributed by atoms with Crippen molar-refractivity contribution in [3.63, 3.8) is 0 Å². The van der Waals surface area contributed by atoms with Crippen LogP contribution < -0.4 is 5.32 Å². The van der Waals surface area contributed by atoms with Gasteiger partial charge in [0, 0.05) is 30.4 Å². The molecule has 7 heteroatoms. The van der Waals surface area contributed by atoms with Gasteiger partial charge in [-0.15, -0.1) is 0 Å². The van der Waals surface area contributed by atoms with Crippen LogP contribution in [0.3, 0.4) is 0 Å². The molecule has 0 aliphatic carbocycles. The average Bonchev–Trinajstić information content (AvgIpc) is 3.34. The molecule has 1 aliphatic heterocycles. The number of imidazole rings is 1. The number of nitrogens with one attached hydrogen (secondary N) is 2. The zero-order valence-electron chi connectivity index (χ0n) is 16.6. The molecule has 0 atom stereocenters. The average molecular weight is 388 g/mol. The highest BCUT2D eigenvalue weighted by molar-refractivity contribution is 5.84. The molecular formula is C22H24N6O. The van der Waals surface area contributed by atoms with Crippen LogP contribution in [0.4, 0.5) is 0 Å². The number of hydrogen-bond acceptors (Lipinski definition) is 5.